The molecule has 0 aromatic heterocycles. The van der Waals surface area contributed by atoms with Crippen molar-refractivity contribution < 1.29 is 19.2 Å². The average Bonchev–Trinajstić information content (AvgIpc) is 2.66. The molecule has 0 aliphatic heterocycles. The Morgan fingerprint density at radius 2 is 1.77 bits per heavy atom. The summed E-state index contributed by atoms with van der Waals surface area (Å²) < 4.78 is 5.09. The molecule has 0 aliphatic rings. The van der Waals surface area contributed by atoms with Gasteiger partial charge in [-0.05, 0) is 42.3 Å². The summed E-state index contributed by atoms with van der Waals surface area (Å²) in [5.74, 6) is -1.12. The first-order valence-electron chi connectivity index (χ1n) is 8.01. The Bertz CT molecular complexity index is 814. The molecule has 2 aromatic carbocycles. The molecular weight excluding hydrogens is 336 g/mol. The van der Waals surface area contributed by atoms with E-state index in [0.29, 0.717) is 17.5 Å². The molecule has 1 N–H and O–H groups in total. The van der Waals surface area contributed by atoms with Gasteiger partial charge in [-0.25, -0.2) is 4.79 Å². The highest BCUT2D eigenvalue weighted by molar-refractivity contribution is 6.03. The summed E-state index contributed by atoms with van der Waals surface area (Å²) in [7, 11) is 0. The Hall–Kier alpha value is -3.48. The molecule has 0 spiro atoms. The highest BCUT2D eigenvalue weighted by atomic mass is 16.6. The number of benzene rings is 2. The minimum Gasteiger partial charge on any atom is -0.461 e. The third-order valence-electron chi connectivity index (χ3n) is 3.36. The molecule has 7 nitrogen and oxygen atoms in total. The van der Waals surface area contributed by atoms with Gasteiger partial charge in [-0.2, -0.15) is 0 Å². The second-order valence-electron chi connectivity index (χ2n) is 5.36. The predicted molar refractivity (Wildman–Crippen MR) is 96.2 cm³/mol. The van der Waals surface area contributed by atoms with Crippen molar-refractivity contribution in [2.75, 3.05) is 6.61 Å². The molecule has 0 bridgehead atoms. The molecule has 0 saturated carbocycles. The van der Waals surface area contributed by atoms with Gasteiger partial charge >= 0.3 is 5.97 Å². The van der Waals surface area contributed by atoms with Crippen LogP contribution in [0.2, 0.25) is 0 Å². The molecule has 0 heterocycles. The molecule has 2 aromatic rings. The zero-order valence-electron chi connectivity index (χ0n) is 14.2. The van der Waals surface area contributed by atoms with Gasteiger partial charge in [-0.15, -0.1) is 0 Å². The van der Waals surface area contributed by atoms with Crippen molar-refractivity contribution >= 4 is 23.6 Å². The van der Waals surface area contributed by atoms with E-state index in [9.17, 15) is 19.7 Å². The third-order valence-corrected chi connectivity index (χ3v) is 3.36. The van der Waals surface area contributed by atoms with Crippen LogP contribution >= 0.6 is 0 Å². The van der Waals surface area contributed by atoms with Gasteiger partial charge in [0, 0.05) is 17.7 Å². The van der Waals surface area contributed by atoms with Gasteiger partial charge in [-0.3, -0.25) is 14.9 Å². The number of ether oxygens (including phenoxy) is 1. The van der Waals surface area contributed by atoms with Crippen molar-refractivity contribution in [3.05, 3.63) is 81.5 Å². The normalized spacial score (nSPS) is 10.9. The van der Waals surface area contributed by atoms with Crippen LogP contribution in [0.25, 0.3) is 6.08 Å². The quantitative estimate of drug-likeness (QED) is 0.356. The van der Waals surface area contributed by atoms with Crippen molar-refractivity contribution in [3.63, 3.8) is 0 Å². The molecule has 0 aliphatic carbocycles. The number of esters is 1. The van der Waals surface area contributed by atoms with E-state index < -0.39 is 16.8 Å². The highest BCUT2D eigenvalue weighted by Crippen LogP contribution is 2.14. The van der Waals surface area contributed by atoms with Crippen LogP contribution < -0.4 is 5.32 Å². The fourth-order valence-corrected chi connectivity index (χ4v) is 2.06. The summed E-state index contributed by atoms with van der Waals surface area (Å²) in [4.78, 5) is 34.8. The maximum atomic E-state index is 12.3. The predicted octanol–water partition coefficient (Wildman–Crippen LogP) is 3.32. The van der Waals surface area contributed by atoms with Crippen LogP contribution in [0.1, 0.15) is 29.3 Å². The number of carbonyl (C=O) groups is 2. The van der Waals surface area contributed by atoms with Crippen molar-refractivity contribution in [2.45, 2.75) is 13.3 Å². The first-order chi connectivity index (χ1) is 12.5. The molecule has 0 unspecified atom stereocenters. The zero-order chi connectivity index (χ0) is 18.9. The summed E-state index contributed by atoms with van der Waals surface area (Å²) in [6.07, 6.45) is 2.06. The van der Waals surface area contributed by atoms with Crippen LogP contribution in [0, 0.1) is 10.1 Å². The van der Waals surface area contributed by atoms with Gasteiger partial charge < -0.3 is 10.1 Å². The second kappa shape index (κ2) is 9.12. The fourth-order valence-electron chi connectivity index (χ4n) is 2.06. The number of carbonyl (C=O) groups excluding carboxylic acids is 2. The Labute approximate surface area is 150 Å². The van der Waals surface area contributed by atoms with E-state index in [0.717, 1.165) is 0 Å². The maximum Gasteiger partial charge on any atom is 0.354 e. The molecule has 0 saturated heterocycles. The zero-order valence-corrected chi connectivity index (χ0v) is 14.2. The lowest BCUT2D eigenvalue weighted by Gasteiger charge is -2.10. The van der Waals surface area contributed by atoms with Gasteiger partial charge in [-0.1, -0.05) is 25.1 Å². The molecule has 134 valence electrons. The molecule has 0 radical (unpaired) electrons. The Morgan fingerprint density at radius 3 is 2.35 bits per heavy atom. The van der Waals surface area contributed by atoms with Crippen LogP contribution in [0.5, 0.6) is 0 Å². The van der Waals surface area contributed by atoms with Crippen molar-refractivity contribution in [2.24, 2.45) is 0 Å². The van der Waals surface area contributed by atoms with Crippen LogP contribution in [0.4, 0.5) is 5.69 Å². The van der Waals surface area contributed by atoms with E-state index in [1.165, 1.54) is 30.3 Å². The molecule has 7 heteroatoms. The summed E-state index contributed by atoms with van der Waals surface area (Å²) in [5.41, 5.74) is 0.810. The third kappa shape index (κ3) is 5.27. The number of non-ortho nitro benzene ring substituents is 1. The number of nitrogens with one attached hydrogen (secondary N) is 1. The van der Waals surface area contributed by atoms with Crippen molar-refractivity contribution in [3.8, 4) is 0 Å². The smallest absolute Gasteiger partial charge is 0.354 e. The van der Waals surface area contributed by atoms with Crippen LogP contribution in [0.3, 0.4) is 0 Å². The van der Waals surface area contributed by atoms with Gasteiger partial charge in [0.25, 0.3) is 11.6 Å². The summed E-state index contributed by atoms with van der Waals surface area (Å²) in [6, 6.07) is 14.1. The van der Waals surface area contributed by atoms with Gasteiger partial charge in [0.2, 0.25) is 0 Å². The van der Waals surface area contributed by atoms with Gasteiger partial charge in [0.15, 0.2) is 0 Å². The SMILES string of the molecule is CCCOC(=O)C(=Cc1ccc([N+](=O)[O-])cc1)NC(=O)c1ccccc1. The van der Waals surface area contributed by atoms with E-state index in [2.05, 4.69) is 5.32 Å². The van der Waals surface area contributed by atoms with Crippen LogP contribution in [-0.2, 0) is 9.53 Å². The van der Waals surface area contributed by atoms with Gasteiger partial charge in [0.1, 0.15) is 5.70 Å². The number of nitro groups is 1. The number of amides is 1. The summed E-state index contributed by atoms with van der Waals surface area (Å²) in [6.45, 7) is 2.08. The van der Waals surface area contributed by atoms with Crippen LogP contribution in [0.15, 0.2) is 60.3 Å². The molecule has 26 heavy (non-hydrogen) atoms. The van der Waals surface area contributed by atoms with Crippen molar-refractivity contribution in [1.29, 1.82) is 0 Å². The highest BCUT2D eigenvalue weighted by Gasteiger charge is 2.16. The molecule has 0 atom stereocenters. The number of hydrogen-bond acceptors (Lipinski definition) is 5. The first kappa shape index (κ1) is 18.9. The largest absolute Gasteiger partial charge is 0.461 e. The topological polar surface area (TPSA) is 98.5 Å². The molecule has 2 rings (SSSR count). The van der Waals surface area contributed by atoms with E-state index in [1.54, 1.807) is 30.3 Å². The minimum absolute atomic E-state index is 0.0406. The number of nitro benzene ring substituents is 1. The minimum atomic E-state index is -0.672. The Kier molecular flexibility index (Phi) is 6.61. The van der Waals surface area contributed by atoms with E-state index in [-0.39, 0.29) is 18.0 Å². The van der Waals surface area contributed by atoms with Gasteiger partial charge in [0.05, 0.1) is 11.5 Å². The standard InChI is InChI=1S/C19H18N2O5/c1-2-12-26-19(23)17(20-18(22)15-6-4-3-5-7-15)13-14-8-10-16(11-9-14)21(24)25/h3-11,13H,2,12H2,1H3,(H,20,22). The van der Waals surface area contributed by atoms with E-state index in [4.69, 9.17) is 4.74 Å². The monoisotopic (exact) mass is 354 g/mol. The molecule has 1 amide bonds. The Balaban J connectivity index is 2.26. The summed E-state index contributed by atoms with van der Waals surface area (Å²) >= 11 is 0. The van der Waals surface area contributed by atoms with E-state index >= 15 is 0 Å². The van der Waals surface area contributed by atoms with Crippen molar-refractivity contribution in [1.82, 2.24) is 5.32 Å². The fraction of sp³-hybridized carbons (Fsp3) is 0.158. The van der Waals surface area contributed by atoms with Crippen LogP contribution in [-0.4, -0.2) is 23.4 Å². The second-order valence-corrected chi connectivity index (χ2v) is 5.36. The molecular formula is C19H18N2O5. The Morgan fingerprint density at radius 1 is 1.12 bits per heavy atom. The summed E-state index contributed by atoms with van der Waals surface area (Å²) in [5, 5.41) is 13.3. The number of hydrogen-bond donors (Lipinski definition) is 1. The number of nitrogens with zero attached hydrogens (tertiary/aromatic N) is 1. The number of rotatable bonds is 7. The molecule has 0 fully saturated rings. The lowest BCUT2D eigenvalue weighted by atomic mass is 10.1. The lowest BCUT2D eigenvalue weighted by molar-refractivity contribution is -0.384. The maximum absolute atomic E-state index is 12.3. The average molecular weight is 354 g/mol. The lowest BCUT2D eigenvalue weighted by Crippen LogP contribution is -2.28. The first-order valence-corrected chi connectivity index (χ1v) is 8.01. The van der Waals surface area contributed by atoms with E-state index in [1.807, 2.05) is 6.92 Å².